The van der Waals surface area contributed by atoms with Crippen LogP contribution in [0.1, 0.15) is 17.2 Å². The highest BCUT2D eigenvalue weighted by Gasteiger charge is 2.11. The Morgan fingerprint density at radius 1 is 1.50 bits per heavy atom. The van der Waals surface area contributed by atoms with Crippen LogP contribution in [-0.4, -0.2) is 18.8 Å². The van der Waals surface area contributed by atoms with Crippen LogP contribution in [0.3, 0.4) is 0 Å². The maximum absolute atomic E-state index is 9.47. The molecule has 0 fully saturated rings. The predicted octanol–water partition coefficient (Wildman–Crippen LogP) is 0.668. The average molecular weight is 196 g/mol. The third kappa shape index (κ3) is 1.97. The summed E-state index contributed by atoms with van der Waals surface area (Å²) in [4.78, 5) is 0. The molecule has 1 aromatic carbocycles. The molecule has 1 aromatic rings. The SMILES string of the molecule is COc1cc([C@H](N)CN)c(C)cc1O. The van der Waals surface area contributed by atoms with Gasteiger partial charge in [0.1, 0.15) is 0 Å². The Bertz CT molecular complexity index is 326. The first kappa shape index (κ1) is 10.8. The second kappa shape index (κ2) is 4.30. The molecule has 1 rings (SSSR count). The van der Waals surface area contributed by atoms with Crippen molar-refractivity contribution in [3.63, 3.8) is 0 Å². The molecule has 0 saturated carbocycles. The van der Waals surface area contributed by atoms with E-state index in [0.29, 0.717) is 12.3 Å². The third-order valence-electron chi connectivity index (χ3n) is 2.22. The highest BCUT2D eigenvalue weighted by molar-refractivity contribution is 5.47. The first-order valence-corrected chi connectivity index (χ1v) is 4.43. The van der Waals surface area contributed by atoms with Crippen LogP contribution in [0.5, 0.6) is 11.5 Å². The van der Waals surface area contributed by atoms with Crippen LogP contribution >= 0.6 is 0 Å². The monoisotopic (exact) mass is 196 g/mol. The minimum Gasteiger partial charge on any atom is -0.504 e. The first-order chi connectivity index (χ1) is 6.60. The van der Waals surface area contributed by atoms with Crippen molar-refractivity contribution in [1.29, 1.82) is 0 Å². The minimum atomic E-state index is -0.218. The Kier molecular flexibility index (Phi) is 3.33. The van der Waals surface area contributed by atoms with Gasteiger partial charge in [0, 0.05) is 12.6 Å². The lowest BCUT2D eigenvalue weighted by atomic mass is 10.0. The molecule has 0 unspecified atom stereocenters. The van der Waals surface area contributed by atoms with Gasteiger partial charge in [-0.25, -0.2) is 0 Å². The van der Waals surface area contributed by atoms with E-state index in [0.717, 1.165) is 11.1 Å². The lowest BCUT2D eigenvalue weighted by molar-refractivity contribution is 0.372. The van der Waals surface area contributed by atoms with E-state index >= 15 is 0 Å². The number of phenols is 1. The molecule has 0 radical (unpaired) electrons. The van der Waals surface area contributed by atoms with Crippen molar-refractivity contribution in [2.24, 2.45) is 11.5 Å². The van der Waals surface area contributed by atoms with Crippen molar-refractivity contribution in [1.82, 2.24) is 0 Å². The van der Waals surface area contributed by atoms with Crippen molar-refractivity contribution >= 4 is 0 Å². The van der Waals surface area contributed by atoms with Gasteiger partial charge in [-0.15, -0.1) is 0 Å². The standard InChI is InChI=1S/C10H16N2O2/c1-6-3-9(13)10(14-2)4-7(6)8(12)5-11/h3-4,8,13H,5,11-12H2,1-2H3/t8-/m1/s1. The topological polar surface area (TPSA) is 81.5 Å². The van der Waals surface area contributed by atoms with Crippen molar-refractivity contribution in [3.8, 4) is 11.5 Å². The molecule has 0 aliphatic rings. The number of aromatic hydroxyl groups is 1. The van der Waals surface area contributed by atoms with Crippen molar-refractivity contribution < 1.29 is 9.84 Å². The molecule has 4 heteroatoms. The molecule has 78 valence electrons. The van der Waals surface area contributed by atoms with Gasteiger partial charge in [-0.05, 0) is 30.2 Å². The molecule has 0 amide bonds. The summed E-state index contributed by atoms with van der Waals surface area (Å²) in [6, 6.07) is 3.13. The van der Waals surface area contributed by atoms with E-state index in [2.05, 4.69) is 0 Å². The maximum atomic E-state index is 9.47. The van der Waals surface area contributed by atoms with Crippen molar-refractivity contribution in [2.75, 3.05) is 13.7 Å². The summed E-state index contributed by atoms with van der Waals surface area (Å²) in [5, 5.41) is 9.47. The van der Waals surface area contributed by atoms with E-state index in [1.807, 2.05) is 6.92 Å². The van der Waals surface area contributed by atoms with Gasteiger partial charge in [-0.3, -0.25) is 0 Å². The number of benzene rings is 1. The molecule has 1 atom stereocenters. The van der Waals surface area contributed by atoms with Crippen LogP contribution in [0.2, 0.25) is 0 Å². The molecule has 0 heterocycles. The smallest absolute Gasteiger partial charge is 0.160 e. The molecular formula is C10H16N2O2. The summed E-state index contributed by atoms with van der Waals surface area (Å²) in [5.41, 5.74) is 13.1. The largest absolute Gasteiger partial charge is 0.504 e. The fourth-order valence-corrected chi connectivity index (χ4v) is 1.38. The van der Waals surface area contributed by atoms with Crippen LogP contribution < -0.4 is 16.2 Å². The van der Waals surface area contributed by atoms with Gasteiger partial charge >= 0.3 is 0 Å². The molecule has 0 aliphatic carbocycles. The number of ether oxygens (including phenoxy) is 1. The molecule has 5 N–H and O–H groups in total. The molecular weight excluding hydrogens is 180 g/mol. The van der Waals surface area contributed by atoms with Crippen LogP contribution in [0.15, 0.2) is 12.1 Å². The van der Waals surface area contributed by atoms with Gasteiger partial charge in [0.25, 0.3) is 0 Å². The Balaban J connectivity index is 3.17. The van der Waals surface area contributed by atoms with Crippen LogP contribution in [0.4, 0.5) is 0 Å². The second-order valence-electron chi connectivity index (χ2n) is 3.22. The summed E-state index contributed by atoms with van der Waals surface area (Å²) in [6.45, 7) is 2.25. The van der Waals surface area contributed by atoms with E-state index in [1.165, 1.54) is 7.11 Å². The number of nitrogens with two attached hydrogens (primary N) is 2. The molecule has 0 aromatic heterocycles. The quantitative estimate of drug-likeness (QED) is 0.663. The van der Waals surface area contributed by atoms with Gasteiger partial charge in [0.15, 0.2) is 11.5 Å². The normalized spacial score (nSPS) is 12.6. The maximum Gasteiger partial charge on any atom is 0.160 e. The zero-order chi connectivity index (χ0) is 10.7. The fourth-order valence-electron chi connectivity index (χ4n) is 1.38. The lowest BCUT2D eigenvalue weighted by Gasteiger charge is -2.14. The Morgan fingerprint density at radius 2 is 2.14 bits per heavy atom. The molecule has 14 heavy (non-hydrogen) atoms. The highest BCUT2D eigenvalue weighted by Crippen LogP contribution is 2.30. The van der Waals surface area contributed by atoms with Crippen molar-refractivity contribution in [2.45, 2.75) is 13.0 Å². The summed E-state index contributed by atoms with van der Waals surface area (Å²) < 4.78 is 4.99. The Hall–Kier alpha value is -1.26. The first-order valence-electron chi connectivity index (χ1n) is 4.43. The molecule has 0 saturated heterocycles. The number of phenolic OH excluding ortho intramolecular Hbond substituents is 1. The molecule has 0 aliphatic heterocycles. The number of rotatable bonds is 3. The lowest BCUT2D eigenvalue weighted by Crippen LogP contribution is -2.21. The third-order valence-corrected chi connectivity index (χ3v) is 2.22. The van der Waals surface area contributed by atoms with E-state index in [9.17, 15) is 5.11 Å². The van der Waals surface area contributed by atoms with E-state index in [4.69, 9.17) is 16.2 Å². The van der Waals surface area contributed by atoms with E-state index in [-0.39, 0.29) is 11.8 Å². The second-order valence-corrected chi connectivity index (χ2v) is 3.22. The van der Waals surface area contributed by atoms with Gasteiger partial charge in [0.05, 0.1) is 7.11 Å². The summed E-state index contributed by atoms with van der Waals surface area (Å²) in [6.07, 6.45) is 0. The van der Waals surface area contributed by atoms with Crippen molar-refractivity contribution in [3.05, 3.63) is 23.3 Å². The van der Waals surface area contributed by atoms with Gasteiger partial charge in [-0.2, -0.15) is 0 Å². The van der Waals surface area contributed by atoms with Crippen LogP contribution in [0, 0.1) is 6.92 Å². The van der Waals surface area contributed by atoms with Gasteiger partial charge in [0.2, 0.25) is 0 Å². The molecule has 4 nitrogen and oxygen atoms in total. The zero-order valence-electron chi connectivity index (χ0n) is 8.45. The Morgan fingerprint density at radius 3 is 2.64 bits per heavy atom. The van der Waals surface area contributed by atoms with Crippen LogP contribution in [0.25, 0.3) is 0 Å². The number of hydrogen-bond acceptors (Lipinski definition) is 4. The molecule has 0 bridgehead atoms. The highest BCUT2D eigenvalue weighted by atomic mass is 16.5. The number of aryl methyl sites for hydroxylation is 1. The Labute approximate surface area is 83.5 Å². The fraction of sp³-hybridized carbons (Fsp3) is 0.400. The number of methoxy groups -OCH3 is 1. The van der Waals surface area contributed by atoms with E-state index in [1.54, 1.807) is 12.1 Å². The zero-order valence-corrected chi connectivity index (χ0v) is 8.45. The summed E-state index contributed by atoms with van der Waals surface area (Å²) in [5.74, 6) is 0.549. The van der Waals surface area contributed by atoms with Gasteiger partial charge in [-0.1, -0.05) is 0 Å². The average Bonchev–Trinajstić information content (AvgIpc) is 2.17. The minimum absolute atomic E-state index is 0.123. The molecule has 0 spiro atoms. The van der Waals surface area contributed by atoms with Gasteiger partial charge < -0.3 is 21.3 Å². The number of hydrogen-bond donors (Lipinski definition) is 3. The summed E-state index contributed by atoms with van der Waals surface area (Å²) >= 11 is 0. The van der Waals surface area contributed by atoms with Crippen LogP contribution in [-0.2, 0) is 0 Å². The summed E-state index contributed by atoms with van der Waals surface area (Å²) in [7, 11) is 1.50. The van der Waals surface area contributed by atoms with E-state index < -0.39 is 0 Å². The predicted molar refractivity (Wildman–Crippen MR) is 55.4 cm³/mol.